The maximum absolute atomic E-state index is 12.7. The summed E-state index contributed by atoms with van der Waals surface area (Å²) in [6.07, 6.45) is 0. The molecule has 130 valence electrons. The molecule has 0 radical (unpaired) electrons. The average Bonchev–Trinajstić information content (AvgIpc) is 3.21. The van der Waals surface area contributed by atoms with E-state index in [2.05, 4.69) is 27.6 Å². The molecule has 2 amide bonds. The van der Waals surface area contributed by atoms with Gasteiger partial charge in [-0.15, -0.1) is 0 Å². The van der Waals surface area contributed by atoms with Crippen molar-refractivity contribution in [3.63, 3.8) is 0 Å². The molecular formula is C21H11IN2O3. The van der Waals surface area contributed by atoms with Crippen LogP contribution in [0.2, 0.25) is 0 Å². The van der Waals surface area contributed by atoms with E-state index in [9.17, 15) is 9.59 Å². The van der Waals surface area contributed by atoms with Crippen molar-refractivity contribution in [1.29, 1.82) is 0 Å². The Bertz CT molecular complexity index is 1210. The van der Waals surface area contributed by atoms with E-state index in [1.807, 2.05) is 24.3 Å². The minimum absolute atomic E-state index is 0.323. The van der Waals surface area contributed by atoms with Crippen molar-refractivity contribution in [2.24, 2.45) is 0 Å². The number of benzene rings is 3. The van der Waals surface area contributed by atoms with Gasteiger partial charge in [0.2, 0.25) is 5.89 Å². The lowest BCUT2D eigenvalue weighted by Crippen LogP contribution is -2.29. The third kappa shape index (κ3) is 2.56. The second kappa shape index (κ2) is 6.02. The van der Waals surface area contributed by atoms with E-state index in [0.29, 0.717) is 33.8 Å². The van der Waals surface area contributed by atoms with Crippen LogP contribution >= 0.6 is 22.6 Å². The maximum atomic E-state index is 12.7. The summed E-state index contributed by atoms with van der Waals surface area (Å²) in [7, 11) is 0. The maximum Gasteiger partial charge on any atom is 0.266 e. The second-order valence-corrected chi connectivity index (χ2v) is 7.42. The first-order valence-corrected chi connectivity index (χ1v) is 9.34. The van der Waals surface area contributed by atoms with Crippen LogP contribution in [0.15, 0.2) is 71.1 Å². The lowest BCUT2D eigenvalue weighted by molar-refractivity contribution is 0.0926. The number of hydrogen-bond donors (Lipinski definition) is 0. The van der Waals surface area contributed by atoms with Crippen molar-refractivity contribution in [1.82, 2.24) is 4.98 Å². The highest BCUT2D eigenvalue weighted by Crippen LogP contribution is 2.32. The van der Waals surface area contributed by atoms with E-state index in [-0.39, 0.29) is 11.8 Å². The Balaban J connectivity index is 1.58. The van der Waals surface area contributed by atoms with Crippen LogP contribution in [0.3, 0.4) is 0 Å². The Labute approximate surface area is 167 Å². The third-order valence-electron chi connectivity index (χ3n) is 4.49. The number of amides is 2. The molecule has 0 N–H and O–H groups in total. The normalized spacial score (nSPS) is 13.4. The number of aromatic nitrogens is 1. The van der Waals surface area contributed by atoms with Gasteiger partial charge in [0.1, 0.15) is 5.52 Å². The molecule has 2 heterocycles. The number of hydrogen-bond acceptors (Lipinski definition) is 4. The topological polar surface area (TPSA) is 63.4 Å². The van der Waals surface area contributed by atoms with E-state index < -0.39 is 0 Å². The number of carbonyl (C=O) groups is 2. The molecule has 5 nitrogen and oxygen atoms in total. The van der Waals surface area contributed by atoms with Crippen molar-refractivity contribution >= 4 is 51.2 Å². The van der Waals surface area contributed by atoms with Gasteiger partial charge in [-0.3, -0.25) is 9.59 Å². The lowest BCUT2D eigenvalue weighted by atomic mass is 10.1. The first-order valence-electron chi connectivity index (χ1n) is 8.26. The van der Waals surface area contributed by atoms with Gasteiger partial charge in [-0.05, 0) is 71.1 Å². The highest BCUT2D eigenvalue weighted by molar-refractivity contribution is 14.1. The molecule has 0 atom stereocenters. The van der Waals surface area contributed by atoms with Gasteiger partial charge in [0.25, 0.3) is 11.8 Å². The van der Waals surface area contributed by atoms with Crippen molar-refractivity contribution in [3.8, 4) is 11.5 Å². The van der Waals surface area contributed by atoms with Crippen LogP contribution in [0.5, 0.6) is 0 Å². The minimum Gasteiger partial charge on any atom is -0.436 e. The summed E-state index contributed by atoms with van der Waals surface area (Å²) in [5.41, 5.74) is 3.39. The number of halogens is 1. The Hall–Kier alpha value is -3.00. The molecule has 0 unspecified atom stereocenters. The summed E-state index contributed by atoms with van der Waals surface area (Å²) >= 11 is 2.24. The van der Waals surface area contributed by atoms with Gasteiger partial charge in [0, 0.05) is 9.13 Å². The van der Waals surface area contributed by atoms with Crippen LogP contribution in [-0.2, 0) is 0 Å². The van der Waals surface area contributed by atoms with E-state index in [4.69, 9.17) is 4.42 Å². The predicted octanol–water partition coefficient (Wildman–Crippen LogP) is 4.90. The lowest BCUT2D eigenvalue weighted by Gasteiger charge is -2.13. The fourth-order valence-electron chi connectivity index (χ4n) is 3.22. The zero-order chi connectivity index (χ0) is 18.5. The summed E-state index contributed by atoms with van der Waals surface area (Å²) in [6, 6.07) is 19.8. The van der Waals surface area contributed by atoms with Crippen LogP contribution in [0, 0.1) is 3.57 Å². The highest BCUT2D eigenvalue weighted by Gasteiger charge is 2.36. The Kier molecular flexibility index (Phi) is 3.61. The van der Waals surface area contributed by atoms with Gasteiger partial charge in [-0.1, -0.05) is 18.2 Å². The highest BCUT2D eigenvalue weighted by atomic mass is 127. The predicted molar refractivity (Wildman–Crippen MR) is 110 cm³/mol. The van der Waals surface area contributed by atoms with E-state index >= 15 is 0 Å². The Morgan fingerprint density at radius 3 is 2.30 bits per heavy atom. The molecular weight excluding hydrogens is 455 g/mol. The van der Waals surface area contributed by atoms with E-state index in [0.717, 1.165) is 9.13 Å². The van der Waals surface area contributed by atoms with Crippen LogP contribution in [0.25, 0.3) is 22.6 Å². The molecule has 0 saturated heterocycles. The van der Waals surface area contributed by atoms with Gasteiger partial charge in [-0.2, -0.15) is 0 Å². The first kappa shape index (κ1) is 16.2. The molecule has 27 heavy (non-hydrogen) atoms. The Morgan fingerprint density at radius 1 is 0.852 bits per heavy atom. The van der Waals surface area contributed by atoms with Crippen LogP contribution in [0.1, 0.15) is 20.7 Å². The largest absolute Gasteiger partial charge is 0.436 e. The van der Waals surface area contributed by atoms with Crippen molar-refractivity contribution in [3.05, 3.63) is 81.4 Å². The molecule has 0 saturated carbocycles. The van der Waals surface area contributed by atoms with Gasteiger partial charge in [0.05, 0.1) is 16.8 Å². The molecule has 0 spiro atoms. The number of oxazole rings is 1. The number of imide groups is 1. The quantitative estimate of drug-likeness (QED) is 0.312. The SMILES string of the molecule is O=C1c2ccccc2C(=O)N1c1ccc2oc(-c3cccc(I)c3)nc2c1. The number of anilines is 1. The smallest absolute Gasteiger partial charge is 0.266 e. The standard InChI is InChI=1S/C21H11IN2O3/c22-13-5-3-4-12(10-13)19-23-17-11-14(8-9-18(17)27-19)24-20(25)15-6-1-2-7-16(15)21(24)26/h1-11H. The van der Waals surface area contributed by atoms with Gasteiger partial charge in [0.15, 0.2) is 5.58 Å². The van der Waals surface area contributed by atoms with Crippen LogP contribution in [0.4, 0.5) is 5.69 Å². The van der Waals surface area contributed by atoms with Gasteiger partial charge < -0.3 is 4.42 Å². The third-order valence-corrected chi connectivity index (χ3v) is 5.17. The van der Waals surface area contributed by atoms with E-state index in [1.165, 1.54) is 4.90 Å². The monoisotopic (exact) mass is 466 g/mol. The van der Waals surface area contributed by atoms with E-state index in [1.54, 1.807) is 42.5 Å². The summed E-state index contributed by atoms with van der Waals surface area (Å²) in [6.45, 7) is 0. The fraction of sp³-hybridized carbons (Fsp3) is 0. The molecule has 4 aromatic rings. The van der Waals surface area contributed by atoms with Crippen molar-refractivity contribution in [2.75, 3.05) is 4.90 Å². The van der Waals surface area contributed by atoms with Gasteiger partial charge in [-0.25, -0.2) is 9.88 Å². The molecule has 3 aromatic carbocycles. The Morgan fingerprint density at radius 2 is 1.59 bits per heavy atom. The number of rotatable bonds is 2. The molecule has 5 rings (SSSR count). The average molecular weight is 466 g/mol. The van der Waals surface area contributed by atoms with Crippen molar-refractivity contribution in [2.45, 2.75) is 0 Å². The van der Waals surface area contributed by atoms with Gasteiger partial charge >= 0.3 is 0 Å². The molecule has 6 heteroatoms. The molecule has 1 aromatic heterocycles. The number of carbonyl (C=O) groups excluding carboxylic acids is 2. The minimum atomic E-state index is -0.323. The zero-order valence-electron chi connectivity index (χ0n) is 13.8. The first-order chi connectivity index (χ1) is 13.1. The van der Waals surface area contributed by atoms with Crippen LogP contribution in [-0.4, -0.2) is 16.8 Å². The molecule has 0 bridgehead atoms. The zero-order valence-corrected chi connectivity index (χ0v) is 16.0. The second-order valence-electron chi connectivity index (χ2n) is 6.17. The number of fused-ring (bicyclic) bond motifs is 2. The van der Waals surface area contributed by atoms with Crippen molar-refractivity contribution < 1.29 is 14.0 Å². The molecule has 0 fully saturated rings. The summed E-state index contributed by atoms with van der Waals surface area (Å²) in [5, 5.41) is 0. The molecule has 0 aliphatic carbocycles. The fourth-order valence-corrected chi connectivity index (χ4v) is 3.77. The summed E-state index contributed by atoms with van der Waals surface area (Å²) in [5.74, 6) is -0.143. The molecule has 1 aliphatic heterocycles. The summed E-state index contributed by atoms with van der Waals surface area (Å²) < 4.78 is 6.92. The molecule has 1 aliphatic rings. The van der Waals surface area contributed by atoms with Crippen LogP contribution < -0.4 is 4.90 Å². The number of nitrogens with zero attached hydrogens (tertiary/aromatic N) is 2. The summed E-state index contributed by atoms with van der Waals surface area (Å²) in [4.78, 5) is 31.1.